The van der Waals surface area contributed by atoms with E-state index in [0.29, 0.717) is 30.9 Å². The largest absolute Gasteiger partial charge is 0.493 e. The number of methoxy groups -OCH3 is 1. The molecule has 3 aliphatic rings. The molecule has 0 saturated heterocycles. The third kappa shape index (κ3) is 5.81. The highest BCUT2D eigenvalue weighted by Crippen LogP contribution is 2.55. The number of Topliss-reactive ketones (excluding diaryl/α,β-unsaturated/α-hetero) is 2. The first-order valence-electron chi connectivity index (χ1n) is 14.4. The highest BCUT2D eigenvalue weighted by Gasteiger charge is 2.49. The van der Waals surface area contributed by atoms with Crippen LogP contribution >= 0.6 is 15.9 Å². The number of ether oxygens (including phenoxy) is 2. The number of carbonyl (C=O) groups is 2. The highest BCUT2D eigenvalue weighted by atomic mass is 79.9. The molecule has 0 radical (unpaired) electrons. The van der Waals surface area contributed by atoms with Crippen LogP contribution in [0.4, 0.5) is 0 Å². The number of allylic oxidation sites excluding steroid dienone is 4. The molecule has 41 heavy (non-hydrogen) atoms. The van der Waals surface area contributed by atoms with Crippen molar-refractivity contribution in [1.29, 1.82) is 0 Å². The molecule has 216 valence electrons. The molecular formula is C35H40BrNO4. The second-order valence-electron chi connectivity index (χ2n) is 13.1. The molecule has 0 saturated carbocycles. The van der Waals surface area contributed by atoms with E-state index in [4.69, 9.17) is 9.47 Å². The zero-order chi connectivity index (χ0) is 29.5. The summed E-state index contributed by atoms with van der Waals surface area (Å²) in [5.41, 5.74) is 5.43. The summed E-state index contributed by atoms with van der Waals surface area (Å²) in [4.78, 5) is 30.6. The maximum absolute atomic E-state index is 14.1. The Morgan fingerprint density at radius 2 is 1.54 bits per heavy atom. The Labute approximate surface area is 252 Å². The van der Waals surface area contributed by atoms with E-state index in [1.165, 1.54) is 5.56 Å². The molecular weight excluding hydrogens is 578 g/mol. The van der Waals surface area contributed by atoms with Crippen LogP contribution in [0.1, 0.15) is 70.4 Å². The molecule has 6 heteroatoms. The van der Waals surface area contributed by atoms with E-state index in [-0.39, 0.29) is 22.4 Å². The normalized spacial score (nSPS) is 20.1. The summed E-state index contributed by atoms with van der Waals surface area (Å²) in [6.07, 6.45) is 4.99. The van der Waals surface area contributed by atoms with Gasteiger partial charge in [-0.3, -0.25) is 9.59 Å². The first-order valence-corrected chi connectivity index (χ1v) is 15.2. The second kappa shape index (κ2) is 11.3. The van der Waals surface area contributed by atoms with Gasteiger partial charge in [0.25, 0.3) is 0 Å². The van der Waals surface area contributed by atoms with Crippen molar-refractivity contribution >= 4 is 27.5 Å². The van der Waals surface area contributed by atoms with Crippen LogP contribution in [0.25, 0.3) is 0 Å². The van der Waals surface area contributed by atoms with Crippen LogP contribution in [0.3, 0.4) is 0 Å². The van der Waals surface area contributed by atoms with Gasteiger partial charge in [-0.15, -0.1) is 0 Å². The maximum Gasteiger partial charge on any atom is 0.175 e. The van der Waals surface area contributed by atoms with Gasteiger partial charge >= 0.3 is 0 Å². The number of benzene rings is 2. The van der Waals surface area contributed by atoms with E-state index in [2.05, 4.69) is 79.4 Å². The predicted octanol–water partition coefficient (Wildman–Crippen LogP) is 7.95. The van der Waals surface area contributed by atoms with Gasteiger partial charge < -0.3 is 14.4 Å². The molecule has 0 spiro atoms. The first kappa shape index (κ1) is 29.4. The number of nitrogens with zero attached hydrogens (tertiary/aromatic N) is 1. The van der Waals surface area contributed by atoms with E-state index in [9.17, 15) is 9.59 Å². The van der Waals surface area contributed by atoms with Crippen molar-refractivity contribution in [1.82, 2.24) is 4.90 Å². The Morgan fingerprint density at radius 1 is 0.951 bits per heavy atom. The van der Waals surface area contributed by atoms with Gasteiger partial charge in [-0.1, -0.05) is 70.7 Å². The molecule has 0 aromatic heterocycles. The van der Waals surface area contributed by atoms with Crippen LogP contribution in [-0.4, -0.2) is 36.7 Å². The minimum atomic E-state index is -0.446. The quantitative estimate of drug-likeness (QED) is 0.281. The van der Waals surface area contributed by atoms with Crippen LogP contribution in [0.15, 0.2) is 82.1 Å². The number of ketones is 2. The summed E-state index contributed by atoms with van der Waals surface area (Å²) < 4.78 is 12.4. The van der Waals surface area contributed by atoms with Crippen molar-refractivity contribution in [3.05, 3.63) is 93.3 Å². The van der Waals surface area contributed by atoms with Gasteiger partial charge in [0.2, 0.25) is 0 Å². The van der Waals surface area contributed by atoms with E-state index >= 15 is 0 Å². The fourth-order valence-corrected chi connectivity index (χ4v) is 7.30. The Bertz CT molecular complexity index is 1400. The number of hydrogen-bond donors (Lipinski definition) is 0. The third-order valence-electron chi connectivity index (χ3n) is 8.42. The van der Waals surface area contributed by atoms with Crippen LogP contribution in [0.5, 0.6) is 11.5 Å². The summed E-state index contributed by atoms with van der Waals surface area (Å²) in [6.45, 7) is 13.5. The lowest BCUT2D eigenvalue weighted by molar-refractivity contribution is -0.119. The molecule has 1 heterocycles. The Hall–Kier alpha value is -3.12. The average molecular weight is 619 g/mol. The lowest BCUT2D eigenvalue weighted by Crippen LogP contribution is -2.45. The second-order valence-corrected chi connectivity index (χ2v) is 13.9. The van der Waals surface area contributed by atoms with Crippen molar-refractivity contribution in [3.8, 4) is 11.5 Å². The number of carbonyl (C=O) groups excluding carboxylic acids is 2. The fourth-order valence-electron chi connectivity index (χ4n) is 6.73. The average Bonchev–Trinajstić information content (AvgIpc) is 2.89. The van der Waals surface area contributed by atoms with E-state index in [1.54, 1.807) is 13.2 Å². The van der Waals surface area contributed by atoms with Crippen molar-refractivity contribution in [2.45, 2.75) is 65.7 Å². The first-order chi connectivity index (χ1) is 19.4. The summed E-state index contributed by atoms with van der Waals surface area (Å²) in [5.74, 6) is 0.930. The van der Waals surface area contributed by atoms with Crippen LogP contribution in [-0.2, 0) is 16.0 Å². The molecule has 5 rings (SSSR count). The van der Waals surface area contributed by atoms with E-state index in [0.717, 1.165) is 58.4 Å². The van der Waals surface area contributed by atoms with Crippen LogP contribution in [0.2, 0.25) is 0 Å². The lowest BCUT2D eigenvalue weighted by atomic mass is 9.63. The van der Waals surface area contributed by atoms with Gasteiger partial charge in [0.05, 0.1) is 11.6 Å². The molecule has 0 amide bonds. The molecule has 0 fully saturated rings. The van der Waals surface area contributed by atoms with Gasteiger partial charge in [-0.05, 0) is 69.3 Å². The topological polar surface area (TPSA) is 55.8 Å². The minimum Gasteiger partial charge on any atom is -0.493 e. The standard InChI is InChI=1S/C35H40BrNO4/c1-7-15-41-33-24(36)16-23(17-29(33)40-6)30-31-25(18-34(2,3)20-27(31)38)37(14-13-22-11-9-8-10-12-22)26-19-35(4,5)21-28(39)32(26)30/h7-12,16-17,30H,1,13-15,18-21H2,2-6H3. The van der Waals surface area contributed by atoms with Crippen molar-refractivity contribution in [3.63, 3.8) is 0 Å². The molecule has 2 aromatic carbocycles. The number of halogens is 1. The van der Waals surface area contributed by atoms with Crippen molar-refractivity contribution in [2.24, 2.45) is 10.8 Å². The summed E-state index contributed by atoms with van der Waals surface area (Å²) in [6, 6.07) is 14.4. The maximum atomic E-state index is 14.1. The number of rotatable bonds is 8. The molecule has 1 aliphatic heterocycles. The Kier molecular flexibility index (Phi) is 8.08. The van der Waals surface area contributed by atoms with Crippen molar-refractivity contribution < 1.29 is 19.1 Å². The van der Waals surface area contributed by atoms with E-state index < -0.39 is 5.92 Å². The van der Waals surface area contributed by atoms with Gasteiger partial charge in [-0.25, -0.2) is 0 Å². The smallest absolute Gasteiger partial charge is 0.175 e. The van der Waals surface area contributed by atoms with Crippen LogP contribution in [0, 0.1) is 10.8 Å². The fraction of sp³-hybridized carbons (Fsp3) is 0.429. The van der Waals surface area contributed by atoms with Gasteiger partial charge in [0.1, 0.15) is 6.61 Å². The predicted molar refractivity (Wildman–Crippen MR) is 166 cm³/mol. The van der Waals surface area contributed by atoms with Gasteiger partial charge in [-0.2, -0.15) is 0 Å². The molecule has 0 unspecified atom stereocenters. The van der Waals surface area contributed by atoms with Gasteiger partial charge in [0.15, 0.2) is 23.1 Å². The molecule has 2 aromatic rings. The Balaban J connectivity index is 1.71. The van der Waals surface area contributed by atoms with Crippen LogP contribution < -0.4 is 9.47 Å². The molecule has 0 bridgehead atoms. The molecule has 0 N–H and O–H groups in total. The van der Waals surface area contributed by atoms with Crippen molar-refractivity contribution in [2.75, 3.05) is 20.3 Å². The molecule has 5 nitrogen and oxygen atoms in total. The van der Waals surface area contributed by atoms with Gasteiger partial charge in [0, 0.05) is 47.8 Å². The lowest BCUT2D eigenvalue weighted by Gasteiger charge is -2.49. The Morgan fingerprint density at radius 3 is 2.07 bits per heavy atom. The summed E-state index contributed by atoms with van der Waals surface area (Å²) in [7, 11) is 1.61. The highest BCUT2D eigenvalue weighted by molar-refractivity contribution is 9.10. The summed E-state index contributed by atoms with van der Waals surface area (Å²) in [5, 5.41) is 0. The zero-order valence-corrected chi connectivity index (χ0v) is 26.4. The monoisotopic (exact) mass is 617 g/mol. The third-order valence-corrected chi connectivity index (χ3v) is 9.01. The molecule has 0 atom stereocenters. The SMILES string of the molecule is C=CCOc1c(Br)cc(C2C3=C(CC(C)(C)CC3=O)N(CCc3ccccc3)C3=C2C(=O)CC(C)(C)C3)cc1OC. The van der Waals surface area contributed by atoms with E-state index in [1.807, 2.05) is 18.2 Å². The molecule has 2 aliphatic carbocycles. The summed E-state index contributed by atoms with van der Waals surface area (Å²) >= 11 is 3.69. The number of hydrogen-bond acceptors (Lipinski definition) is 5. The minimum absolute atomic E-state index is 0.122. The zero-order valence-electron chi connectivity index (χ0n) is 24.8.